The number of benzene rings is 1. The average molecular weight is 231 g/mol. The first-order chi connectivity index (χ1) is 8.19. The molecule has 0 aliphatic carbocycles. The number of nitrogens with zero attached hydrogens (tertiary/aromatic N) is 1. The topological polar surface area (TPSA) is 43.0 Å². The summed E-state index contributed by atoms with van der Waals surface area (Å²) in [4.78, 5) is 0. The van der Waals surface area contributed by atoms with E-state index in [1.54, 1.807) is 0 Å². The van der Waals surface area contributed by atoms with Gasteiger partial charge in [0, 0.05) is 36.2 Å². The zero-order valence-corrected chi connectivity index (χ0v) is 10.8. The summed E-state index contributed by atoms with van der Waals surface area (Å²) in [5, 5.41) is 4.54. The van der Waals surface area contributed by atoms with Crippen LogP contribution in [0.4, 0.5) is 0 Å². The van der Waals surface area contributed by atoms with Crippen molar-refractivity contribution < 1.29 is 0 Å². The Morgan fingerprint density at radius 3 is 2.65 bits per heavy atom. The summed E-state index contributed by atoms with van der Waals surface area (Å²) in [6.07, 6.45) is 2.24. The van der Waals surface area contributed by atoms with Crippen molar-refractivity contribution in [3.63, 3.8) is 0 Å². The second-order valence-corrected chi connectivity index (χ2v) is 4.70. The molecule has 0 amide bonds. The quantitative estimate of drug-likeness (QED) is 0.848. The molecule has 0 saturated heterocycles. The molecule has 1 aromatic carbocycles. The second kappa shape index (κ2) is 4.90. The molecule has 3 N–H and O–H groups in total. The maximum atomic E-state index is 5.84. The number of hydrogen-bond acceptors (Lipinski definition) is 2. The van der Waals surface area contributed by atoms with Crippen molar-refractivity contribution in [2.45, 2.75) is 33.0 Å². The van der Waals surface area contributed by atoms with Crippen LogP contribution in [0.25, 0.3) is 10.9 Å². The van der Waals surface area contributed by atoms with Crippen LogP contribution in [0, 0.1) is 0 Å². The lowest BCUT2D eigenvalue weighted by Gasteiger charge is -2.09. The minimum atomic E-state index is 0.469. The highest BCUT2D eigenvalue weighted by molar-refractivity contribution is 5.87. The predicted octanol–water partition coefficient (Wildman–Crippen LogP) is 2.40. The summed E-state index contributed by atoms with van der Waals surface area (Å²) in [6.45, 7) is 5.89. The van der Waals surface area contributed by atoms with E-state index < -0.39 is 0 Å². The van der Waals surface area contributed by atoms with E-state index in [1.165, 1.54) is 22.0 Å². The third kappa shape index (κ3) is 2.08. The van der Waals surface area contributed by atoms with Crippen molar-refractivity contribution in [1.29, 1.82) is 0 Å². The van der Waals surface area contributed by atoms with E-state index in [2.05, 4.69) is 48.1 Å². The Labute approximate surface area is 103 Å². The van der Waals surface area contributed by atoms with Crippen molar-refractivity contribution >= 4 is 10.9 Å². The fourth-order valence-corrected chi connectivity index (χ4v) is 2.40. The van der Waals surface area contributed by atoms with Gasteiger partial charge in [0.1, 0.15) is 0 Å². The number of rotatable bonds is 4. The van der Waals surface area contributed by atoms with Gasteiger partial charge in [-0.25, -0.2) is 0 Å². The Balaban J connectivity index is 2.71. The Hall–Kier alpha value is -1.32. The average Bonchev–Trinajstić information content (AvgIpc) is 2.69. The highest BCUT2D eigenvalue weighted by Gasteiger charge is 2.12. The molecule has 3 heteroatoms. The van der Waals surface area contributed by atoms with Crippen LogP contribution in [0.5, 0.6) is 0 Å². The molecule has 2 rings (SSSR count). The smallest absolute Gasteiger partial charge is 0.0489 e. The highest BCUT2D eigenvalue weighted by Crippen LogP contribution is 2.27. The Morgan fingerprint density at radius 2 is 2.06 bits per heavy atom. The van der Waals surface area contributed by atoms with Crippen LogP contribution < -0.4 is 11.1 Å². The number of aromatic nitrogens is 1. The molecule has 0 bridgehead atoms. The van der Waals surface area contributed by atoms with Crippen molar-refractivity contribution in [1.82, 2.24) is 9.88 Å². The van der Waals surface area contributed by atoms with Gasteiger partial charge in [0.05, 0.1) is 0 Å². The summed E-state index contributed by atoms with van der Waals surface area (Å²) in [6, 6.07) is 6.85. The molecule has 0 aliphatic rings. The number of nitrogens with two attached hydrogens (primary N) is 1. The molecule has 0 spiro atoms. The molecule has 0 saturated carbocycles. The van der Waals surface area contributed by atoms with E-state index in [9.17, 15) is 0 Å². The Kier molecular flexibility index (Phi) is 3.50. The lowest BCUT2D eigenvalue weighted by molar-refractivity contribution is 0.619. The Bertz CT molecular complexity index is 511. The minimum Gasteiger partial charge on any atom is -0.345 e. The van der Waals surface area contributed by atoms with Gasteiger partial charge in [0.2, 0.25) is 0 Å². The molecule has 3 nitrogen and oxygen atoms in total. The molecule has 1 heterocycles. The summed E-state index contributed by atoms with van der Waals surface area (Å²) in [5.74, 6) is 0. The monoisotopic (exact) mass is 231 g/mol. The van der Waals surface area contributed by atoms with Crippen molar-refractivity contribution in [3.05, 3.63) is 35.5 Å². The van der Waals surface area contributed by atoms with E-state index in [0.717, 1.165) is 6.54 Å². The molecular weight excluding hydrogens is 210 g/mol. The van der Waals surface area contributed by atoms with Gasteiger partial charge in [-0.1, -0.05) is 12.1 Å². The fourth-order valence-electron chi connectivity index (χ4n) is 2.40. The number of nitrogens with one attached hydrogen (secondary N) is 1. The summed E-state index contributed by atoms with van der Waals surface area (Å²) in [5.41, 5.74) is 9.68. The summed E-state index contributed by atoms with van der Waals surface area (Å²) in [7, 11) is 1.98. The van der Waals surface area contributed by atoms with Crippen molar-refractivity contribution in [2.75, 3.05) is 7.05 Å². The number of hydrogen-bond donors (Lipinski definition) is 2. The molecule has 0 unspecified atom stereocenters. The molecule has 0 radical (unpaired) electrons. The van der Waals surface area contributed by atoms with Crippen LogP contribution in [0.15, 0.2) is 24.4 Å². The first-order valence-electron chi connectivity index (χ1n) is 6.15. The molecule has 0 atom stereocenters. The Morgan fingerprint density at radius 1 is 1.29 bits per heavy atom. The number of fused-ring (bicyclic) bond motifs is 1. The first kappa shape index (κ1) is 12.1. The minimum absolute atomic E-state index is 0.469. The molecule has 1 aromatic heterocycles. The van der Waals surface area contributed by atoms with Crippen molar-refractivity contribution in [2.24, 2.45) is 5.73 Å². The van der Waals surface area contributed by atoms with Gasteiger partial charge in [0.15, 0.2) is 0 Å². The van der Waals surface area contributed by atoms with E-state index >= 15 is 0 Å². The van der Waals surface area contributed by atoms with Gasteiger partial charge in [-0.3, -0.25) is 0 Å². The van der Waals surface area contributed by atoms with Gasteiger partial charge in [0.25, 0.3) is 0 Å². The maximum absolute atomic E-state index is 5.84. The molecule has 17 heavy (non-hydrogen) atoms. The molecular formula is C14H21N3. The SMILES string of the molecule is CNCc1cn(C(C)C)c2cccc(CN)c12. The zero-order valence-electron chi connectivity index (χ0n) is 10.8. The van der Waals surface area contributed by atoms with Crippen LogP contribution in [0.2, 0.25) is 0 Å². The largest absolute Gasteiger partial charge is 0.345 e. The molecule has 92 valence electrons. The van der Waals surface area contributed by atoms with E-state index in [-0.39, 0.29) is 0 Å². The molecule has 2 aromatic rings. The van der Waals surface area contributed by atoms with Gasteiger partial charge < -0.3 is 15.6 Å². The van der Waals surface area contributed by atoms with Gasteiger partial charge in [-0.05, 0) is 38.1 Å². The van der Waals surface area contributed by atoms with E-state index in [4.69, 9.17) is 5.73 Å². The van der Waals surface area contributed by atoms with Crippen LogP contribution in [0.1, 0.15) is 31.0 Å². The maximum Gasteiger partial charge on any atom is 0.0489 e. The van der Waals surface area contributed by atoms with Crippen LogP contribution >= 0.6 is 0 Å². The molecule has 0 fully saturated rings. The summed E-state index contributed by atoms with van der Waals surface area (Å²) >= 11 is 0. The fraction of sp³-hybridized carbons (Fsp3) is 0.429. The van der Waals surface area contributed by atoms with Crippen LogP contribution in [-0.4, -0.2) is 11.6 Å². The predicted molar refractivity (Wildman–Crippen MR) is 73.0 cm³/mol. The normalized spacial score (nSPS) is 11.6. The van der Waals surface area contributed by atoms with Gasteiger partial charge in [-0.15, -0.1) is 0 Å². The van der Waals surface area contributed by atoms with E-state index in [1.807, 2.05) is 7.05 Å². The summed E-state index contributed by atoms with van der Waals surface area (Å²) < 4.78 is 2.32. The second-order valence-electron chi connectivity index (χ2n) is 4.70. The third-order valence-electron chi connectivity index (χ3n) is 3.17. The van der Waals surface area contributed by atoms with Crippen LogP contribution in [-0.2, 0) is 13.1 Å². The zero-order chi connectivity index (χ0) is 12.4. The van der Waals surface area contributed by atoms with E-state index in [0.29, 0.717) is 12.6 Å². The van der Waals surface area contributed by atoms with Crippen molar-refractivity contribution in [3.8, 4) is 0 Å². The van der Waals surface area contributed by atoms with Gasteiger partial charge in [-0.2, -0.15) is 0 Å². The highest BCUT2D eigenvalue weighted by atomic mass is 15.0. The lowest BCUT2D eigenvalue weighted by atomic mass is 10.1. The van der Waals surface area contributed by atoms with Crippen LogP contribution in [0.3, 0.4) is 0 Å². The first-order valence-corrected chi connectivity index (χ1v) is 6.15. The molecule has 0 aliphatic heterocycles. The van der Waals surface area contributed by atoms with Gasteiger partial charge >= 0.3 is 0 Å². The third-order valence-corrected chi connectivity index (χ3v) is 3.17. The lowest BCUT2D eigenvalue weighted by Crippen LogP contribution is -2.05. The standard InChI is InChI=1S/C14H21N3/c1-10(2)17-9-12(8-16-3)14-11(7-15)5-4-6-13(14)17/h4-6,9-10,16H,7-8,15H2,1-3H3.